The number of benzene rings is 3. The molecule has 11 nitrogen and oxygen atoms in total. The first-order valence-corrected chi connectivity index (χ1v) is 13.4. The average molecular weight is 593 g/mol. The van der Waals surface area contributed by atoms with Crippen LogP contribution in [0.15, 0.2) is 91.0 Å². The van der Waals surface area contributed by atoms with Gasteiger partial charge in [0.25, 0.3) is 0 Å². The van der Waals surface area contributed by atoms with Gasteiger partial charge >= 0.3 is 17.9 Å². The predicted octanol–water partition coefficient (Wildman–Crippen LogP) is 2.63. The number of rotatable bonds is 12. The molecule has 0 radical (unpaired) electrons. The Bertz CT molecular complexity index is 1410. The Morgan fingerprint density at radius 3 is 1.88 bits per heavy atom. The highest BCUT2D eigenvalue weighted by Gasteiger charge is 2.71. The van der Waals surface area contributed by atoms with Crippen LogP contribution in [-0.2, 0) is 39.9 Å². The standard InChI is InChI=1S/C32H32O11/c1-21(34)41-26-28(39-18-23-12-6-3-7-13-23)32(43-30(26)42-22(2)35,20-40-29(37)25-16-10-5-11-17-25)31(38,19-33)27(36)24-14-8-4-9-15-24/h3-17,26,28,30,33,38H,18-20H2,1-2H3/t26-,28-,30+,31-,32+/m1/s1. The lowest BCUT2D eigenvalue weighted by molar-refractivity contribution is -0.250. The van der Waals surface area contributed by atoms with Gasteiger partial charge in [0.1, 0.15) is 12.7 Å². The monoisotopic (exact) mass is 592 g/mol. The van der Waals surface area contributed by atoms with Crippen LogP contribution in [0.2, 0.25) is 0 Å². The molecule has 0 spiro atoms. The molecule has 1 saturated heterocycles. The van der Waals surface area contributed by atoms with Crippen LogP contribution in [0.3, 0.4) is 0 Å². The van der Waals surface area contributed by atoms with Crippen LogP contribution in [0, 0.1) is 0 Å². The average Bonchev–Trinajstić information content (AvgIpc) is 3.30. The molecule has 0 aromatic heterocycles. The summed E-state index contributed by atoms with van der Waals surface area (Å²) in [5, 5.41) is 22.9. The van der Waals surface area contributed by atoms with E-state index in [1.165, 1.54) is 24.3 Å². The third-order valence-corrected chi connectivity index (χ3v) is 6.98. The zero-order valence-corrected chi connectivity index (χ0v) is 23.6. The van der Waals surface area contributed by atoms with Crippen LogP contribution in [0.25, 0.3) is 0 Å². The van der Waals surface area contributed by atoms with Gasteiger partial charge in [0, 0.05) is 19.4 Å². The van der Waals surface area contributed by atoms with Crippen molar-refractivity contribution in [2.75, 3.05) is 13.2 Å². The number of ether oxygens (including phenoxy) is 5. The van der Waals surface area contributed by atoms with Crippen LogP contribution in [-0.4, -0.2) is 76.8 Å². The van der Waals surface area contributed by atoms with Gasteiger partial charge in [-0.05, 0) is 17.7 Å². The van der Waals surface area contributed by atoms with E-state index in [0.717, 1.165) is 13.8 Å². The van der Waals surface area contributed by atoms with Crippen LogP contribution >= 0.6 is 0 Å². The van der Waals surface area contributed by atoms with Gasteiger partial charge < -0.3 is 33.9 Å². The second-order valence-corrected chi connectivity index (χ2v) is 9.93. The first-order valence-electron chi connectivity index (χ1n) is 13.4. The third-order valence-electron chi connectivity index (χ3n) is 6.98. The SMILES string of the molecule is CC(=O)O[C@H]1O[C@](COC(=O)c2ccccc2)([C@@](O)(CO)C(=O)c2ccccc2)[C@H](OCc2ccccc2)[C@H]1OC(C)=O. The van der Waals surface area contributed by atoms with Crippen LogP contribution in [0.4, 0.5) is 0 Å². The molecule has 1 aliphatic rings. The number of aliphatic hydroxyl groups excluding tert-OH is 1. The fourth-order valence-corrected chi connectivity index (χ4v) is 4.93. The number of Topliss-reactive ketones (excluding diaryl/α,β-unsaturated/α-hetero) is 1. The van der Waals surface area contributed by atoms with Gasteiger partial charge in [0.15, 0.2) is 23.1 Å². The summed E-state index contributed by atoms with van der Waals surface area (Å²) < 4.78 is 28.7. The summed E-state index contributed by atoms with van der Waals surface area (Å²) in [6, 6.07) is 24.3. The fourth-order valence-electron chi connectivity index (χ4n) is 4.93. The lowest BCUT2D eigenvalue weighted by Crippen LogP contribution is -2.70. The Balaban J connectivity index is 1.87. The molecule has 3 aromatic carbocycles. The molecular weight excluding hydrogens is 560 g/mol. The van der Waals surface area contributed by atoms with Crippen molar-refractivity contribution in [1.82, 2.24) is 0 Å². The van der Waals surface area contributed by atoms with E-state index in [0.29, 0.717) is 5.56 Å². The van der Waals surface area contributed by atoms with Gasteiger partial charge in [-0.1, -0.05) is 78.9 Å². The minimum atomic E-state index is -2.88. The molecule has 0 bridgehead atoms. The molecule has 4 rings (SSSR count). The Morgan fingerprint density at radius 2 is 1.35 bits per heavy atom. The maximum Gasteiger partial charge on any atom is 0.338 e. The first kappa shape index (κ1) is 31.5. The number of ketones is 1. The molecule has 3 aromatic rings. The zero-order valence-electron chi connectivity index (χ0n) is 23.6. The van der Waals surface area contributed by atoms with E-state index < -0.39 is 66.6 Å². The molecule has 0 saturated carbocycles. The van der Waals surface area contributed by atoms with Gasteiger partial charge in [-0.3, -0.25) is 14.4 Å². The molecule has 1 heterocycles. The summed E-state index contributed by atoms with van der Waals surface area (Å²) in [6.07, 6.45) is -4.89. The van der Waals surface area contributed by atoms with Gasteiger partial charge in [-0.2, -0.15) is 0 Å². The number of carbonyl (C=O) groups excluding carboxylic acids is 4. The predicted molar refractivity (Wildman–Crippen MR) is 149 cm³/mol. The van der Waals surface area contributed by atoms with Crippen molar-refractivity contribution in [3.8, 4) is 0 Å². The van der Waals surface area contributed by atoms with Crippen LogP contribution < -0.4 is 0 Å². The van der Waals surface area contributed by atoms with E-state index in [1.54, 1.807) is 66.7 Å². The summed E-state index contributed by atoms with van der Waals surface area (Å²) in [7, 11) is 0. The Kier molecular flexibility index (Phi) is 10.0. The molecule has 1 fully saturated rings. The maximum atomic E-state index is 14.0. The lowest BCUT2D eigenvalue weighted by atomic mass is 9.74. The lowest BCUT2D eigenvalue weighted by Gasteiger charge is -2.44. The molecule has 226 valence electrons. The number of hydrogen-bond acceptors (Lipinski definition) is 11. The van der Waals surface area contributed by atoms with Gasteiger partial charge in [-0.25, -0.2) is 4.79 Å². The Labute approximate surface area is 247 Å². The number of aliphatic hydroxyl groups is 2. The Morgan fingerprint density at radius 1 is 0.814 bits per heavy atom. The molecular formula is C32H32O11. The van der Waals surface area contributed by atoms with Gasteiger partial charge in [-0.15, -0.1) is 0 Å². The van der Waals surface area contributed by atoms with E-state index >= 15 is 0 Å². The van der Waals surface area contributed by atoms with Crippen molar-refractivity contribution in [2.24, 2.45) is 0 Å². The number of esters is 3. The van der Waals surface area contributed by atoms with Crippen LogP contribution in [0.5, 0.6) is 0 Å². The first-order chi connectivity index (χ1) is 20.6. The maximum absolute atomic E-state index is 14.0. The van der Waals surface area contributed by atoms with Crippen molar-refractivity contribution in [3.05, 3.63) is 108 Å². The van der Waals surface area contributed by atoms with E-state index in [4.69, 9.17) is 23.7 Å². The van der Waals surface area contributed by atoms with Gasteiger partial charge in [0.2, 0.25) is 6.29 Å². The fraction of sp³-hybridized carbons (Fsp3) is 0.312. The highest BCUT2D eigenvalue weighted by atomic mass is 16.8. The highest BCUT2D eigenvalue weighted by molar-refractivity contribution is 6.03. The molecule has 43 heavy (non-hydrogen) atoms. The van der Waals surface area contributed by atoms with E-state index in [9.17, 15) is 29.4 Å². The summed E-state index contributed by atoms with van der Waals surface area (Å²) >= 11 is 0. The van der Waals surface area contributed by atoms with Crippen molar-refractivity contribution in [2.45, 2.75) is 50.2 Å². The number of carbonyl (C=O) groups is 4. The summed E-state index contributed by atoms with van der Waals surface area (Å²) in [6.45, 7) is -0.104. The van der Waals surface area contributed by atoms with Crippen molar-refractivity contribution in [3.63, 3.8) is 0 Å². The van der Waals surface area contributed by atoms with E-state index in [-0.39, 0.29) is 17.7 Å². The smallest absolute Gasteiger partial charge is 0.338 e. The minimum Gasteiger partial charge on any atom is -0.459 e. The minimum absolute atomic E-state index is 0.0156. The van der Waals surface area contributed by atoms with Crippen molar-refractivity contribution in [1.29, 1.82) is 0 Å². The second-order valence-electron chi connectivity index (χ2n) is 9.93. The molecule has 5 atom stereocenters. The van der Waals surface area contributed by atoms with Crippen LogP contribution in [0.1, 0.15) is 40.1 Å². The summed E-state index contributed by atoms with van der Waals surface area (Å²) in [5.74, 6) is -3.52. The second kappa shape index (κ2) is 13.7. The molecule has 2 N–H and O–H groups in total. The third kappa shape index (κ3) is 6.81. The normalized spacial score (nSPS) is 22.7. The topological polar surface area (TPSA) is 155 Å². The van der Waals surface area contributed by atoms with Gasteiger partial charge in [0.05, 0.1) is 18.8 Å². The largest absolute Gasteiger partial charge is 0.459 e. The number of hydrogen-bond donors (Lipinski definition) is 2. The zero-order chi connectivity index (χ0) is 31.0. The molecule has 0 aliphatic carbocycles. The van der Waals surface area contributed by atoms with Crippen molar-refractivity contribution >= 4 is 23.7 Å². The molecule has 0 unspecified atom stereocenters. The Hall–Kier alpha value is -4.42. The van der Waals surface area contributed by atoms with E-state index in [2.05, 4.69) is 0 Å². The molecule has 1 aliphatic heterocycles. The molecule has 11 heteroatoms. The summed E-state index contributed by atoms with van der Waals surface area (Å²) in [5.41, 5.74) is -4.56. The highest BCUT2D eigenvalue weighted by Crippen LogP contribution is 2.45. The van der Waals surface area contributed by atoms with Crippen molar-refractivity contribution < 1.29 is 53.1 Å². The molecule has 0 amide bonds. The quantitative estimate of drug-likeness (QED) is 0.181. The van der Waals surface area contributed by atoms with E-state index in [1.807, 2.05) is 0 Å². The summed E-state index contributed by atoms with van der Waals surface area (Å²) in [4.78, 5) is 51.4.